The van der Waals surface area contributed by atoms with Gasteiger partial charge in [-0.15, -0.1) is 6.58 Å². The van der Waals surface area contributed by atoms with Crippen LogP contribution in [-0.4, -0.2) is 29.8 Å². The van der Waals surface area contributed by atoms with Crippen molar-refractivity contribution in [1.29, 1.82) is 5.26 Å². The van der Waals surface area contributed by atoms with Crippen LogP contribution in [0.2, 0.25) is 0 Å². The molecule has 0 aliphatic carbocycles. The Kier molecular flexibility index (Phi) is 7.77. The maximum atomic E-state index is 13.6. The van der Waals surface area contributed by atoms with Gasteiger partial charge in [0.15, 0.2) is 5.69 Å². The Morgan fingerprint density at radius 3 is 2.45 bits per heavy atom. The number of carbonyl (C=O) groups excluding carboxylic acids is 2. The van der Waals surface area contributed by atoms with Crippen molar-refractivity contribution >= 4 is 17.7 Å². The number of nitrogens with one attached hydrogen (secondary N) is 1. The van der Waals surface area contributed by atoms with Crippen molar-refractivity contribution in [2.45, 2.75) is 51.3 Å². The van der Waals surface area contributed by atoms with E-state index in [-0.39, 0.29) is 12.8 Å². The second-order valence-electron chi connectivity index (χ2n) is 6.98. The first-order valence-corrected chi connectivity index (χ1v) is 8.55. The number of halogens is 3. The van der Waals surface area contributed by atoms with Crippen LogP contribution in [0.5, 0.6) is 0 Å². The Bertz CT molecular complexity index is 824. The Labute approximate surface area is 166 Å². The zero-order chi connectivity index (χ0) is 22.4. The van der Waals surface area contributed by atoms with Gasteiger partial charge in [-0.2, -0.15) is 18.4 Å². The summed E-state index contributed by atoms with van der Waals surface area (Å²) in [6, 6.07) is 2.32. The average Bonchev–Trinajstić information content (AvgIpc) is 2.59. The molecular formula is C19H22F3N3O4. The molecule has 0 bridgehead atoms. The number of alkyl halides is 3. The molecule has 1 rings (SSSR count). The molecule has 0 fully saturated rings. The highest BCUT2D eigenvalue weighted by atomic mass is 19.4. The number of pyridine rings is 1. The summed E-state index contributed by atoms with van der Waals surface area (Å²) in [6.45, 7) is 8.17. The Morgan fingerprint density at radius 2 is 2.00 bits per heavy atom. The van der Waals surface area contributed by atoms with Crippen molar-refractivity contribution in [3.8, 4) is 6.07 Å². The van der Waals surface area contributed by atoms with Crippen molar-refractivity contribution in [3.05, 3.63) is 35.7 Å². The Balaban J connectivity index is 3.60. The smallest absolute Gasteiger partial charge is 0.418 e. The summed E-state index contributed by atoms with van der Waals surface area (Å²) in [5.41, 5.74) is -3.90. The first-order chi connectivity index (χ1) is 13.3. The molecule has 0 radical (unpaired) electrons. The number of esters is 1. The summed E-state index contributed by atoms with van der Waals surface area (Å²) >= 11 is 0. The predicted molar refractivity (Wildman–Crippen MR) is 98.2 cm³/mol. The lowest BCUT2D eigenvalue weighted by Gasteiger charge is -2.22. The minimum Gasteiger partial charge on any atom is -0.464 e. The molecule has 0 saturated carbocycles. The SMILES string of the molecule is C=CCCC(C#N)c1nc(C(=O)OC)c(NC(=O)OC(C)(C)C)cc1C(F)(F)F. The second kappa shape index (κ2) is 9.41. The average molecular weight is 413 g/mol. The van der Waals surface area contributed by atoms with E-state index in [1.165, 1.54) is 6.08 Å². The van der Waals surface area contributed by atoms with Crippen LogP contribution in [-0.2, 0) is 15.7 Å². The fraction of sp³-hybridized carbons (Fsp3) is 0.474. The molecule has 1 amide bonds. The molecule has 0 spiro atoms. The molecule has 1 aromatic rings. The summed E-state index contributed by atoms with van der Waals surface area (Å²) in [6.07, 6.45) is -4.21. The summed E-state index contributed by atoms with van der Waals surface area (Å²) < 4.78 is 50.5. The van der Waals surface area contributed by atoms with Crippen molar-refractivity contribution in [1.82, 2.24) is 4.98 Å². The molecule has 1 N–H and O–H groups in total. The van der Waals surface area contributed by atoms with Gasteiger partial charge in [-0.3, -0.25) is 5.32 Å². The standard InChI is InChI=1S/C19H22F3N3O4/c1-6-7-8-11(10-23)14-12(19(20,21)22)9-13(15(25-14)16(26)28-5)24-17(27)29-18(2,3)4/h6,9,11H,1,7-8H2,2-5H3,(H,24,27). The van der Waals surface area contributed by atoms with Gasteiger partial charge < -0.3 is 9.47 Å². The largest absolute Gasteiger partial charge is 0.464 e. The van der Waals surface area contributed by atoms with Crippen LogP contribution in [0.4, 0.5) is 23.7 Å². The molecule has 1 heterocycles. The molecular weight excluding hydrogens is 391 g/mol. The molecule has 0 aromatic carbocycles. The normalized spacial score (nSPS) is 12.5. The van der Waals surface area contributed by atoms with Crippen LogP contribution in [0.1, 0.15) is 61.3 Å². The van der Waals surface area contributed by atoms with E-state index in [9.17, 15) is 28.0 Å². The van der Waals surface area contributed by atoms with E-state index in [1.807, 2.05) is 0 Å². The number of hydrogen-bond acceptors (Lipinski definition) is 6. The van der Waals surface area contributed by atoms with Crippen molar-refractivity contribution in [3.63, 3.8) is 0 Å². The van der Waals surface area contributed by atoms with Crippen molar-refractivity contribution in [2.24, 2.45) is 0 Å². The number of amides is 1. The van der Waals surface area contributed by atoms with Crippen LogP contribution < -0.4 is 5.32 Å². The molecule has 7 nitrogen and oxygen atoms in total. The topological polar surface area (TPSA) is 101 Å². The highest BCUT2D eigenvalue weighted by Gasteiger charge is 2.38. The maximum Gasteiger partial charge on any atom is 0.418 e. The van der Waals surface area contributed by atoms with E-state index in [0.717, 1.165) is 7.11 Å². The van der Waals surface area contributed by atoms with E-state index >= 15 is 0 Å². The minimum absolute atomic E-state index is 0.0233. The van der Waals surface area contributed by atoms with Gasteiger partial charge in [0.2, 0.25) is 0 Å². The van der Waals surface area contributed by atoms with E-state index in [1.54, 1.807) is 26.8 Å². The maximum absolute atomic E-state index is 13.6. The molecule has 1 atom stereocenters. The van der Waals surface area contributed by atoms with Crippen molar-refractivity contribution < 1.29 is 32.2 Å². The van der Waals surface area contributed by atoms with E-state index in [2.05, 4.69) is 21.6 Å². The summed E-state index contributed by atoms with van der Waals surface area (Å²) in [5, 5.41) is 11.4. The highest BCUT2D eigenvalue weighted by molar-refractivity contribution is 5.98. The summed E-state index contributed by atoms with van der Waals surface area (Å²) in [7, 11) is 1.01. The monoisotopic (exact) mass is 413 g/mol. The number of carbonyl (C=O) groups is 2. The molecule has 29 heavy (non-hydrogen) atoms. The van der Waals surface area contributed by atoms with Crippen LogP contribution in [0.15, 0.2) is 18.7 Å². The second-order valence-corrected chi connectivity index (χ2v) is 6.98. The predicted octanol–water partition coefficient (Wildman–Crippen LogP) is 4.81. The van der Waals surface area contributed by atoms with Gasteiger partial charge in [0, 0.05) is 0 Å². The van der Waals surface area contributed by atoms with E-state index < -0.39 is 52.4 Å². The van der Waals surface area contributed by atoms with Gasteiger partial charge in [-0.1, -0.05) is 6.08 Å². The Hall–Kier alpha value is -3.09. The lowest BCUT2D eigenvalue weighted by atomic mass is 9.95. The number of allylic oxidation sites excluding steroid dienone is 1. The van der Waals surface area contributed by atoms with Gasteiger partial charge in [0.25, 0.3) is 0 Å². The lowest BCUT2D eigenvalue weighted by Crippen LogP contribution is -2.28. The van der Waals surface area contributed by atoms with Crippen LogP contribution in [0.25, 0.3) is 0 Å². The van der Waals surface area contributed by atoms with Gasteiger partial charge >= 0.3 is 18.2 Å². The molecule has 10 heteroatoms. The van der Waals surface area contributed by atoms with Crippen LogP contribution in [0.3, 0.4) is 0 Å². The third-order valence-corrected chi connectivity index (χ3v) is 3.52. The first-order valence-electron chi connectivity index (χ1n) is 8.55. The van der Waals surface area contributed by atoms with Crippen LogP contribution >= 0.6 is 0 Å². The third kappa shape index (κ3) is 6.78. The number of nitriles is 1. The number of nitrogens with zero attached hydrogens (tertiary/aromatic N) is 2. The summed E-state index contributed by atoms with van der Waals surface area (Å²) in [4.78, 5) is 27.9. The zero-order valence-electron chi connectivity index (χ0n) is 16.5. The number of aromatic nitrogens is 1. The van der Waals surface area contributed by atoms with Gasteiger partial charge in [0.1, 0.15) is 5.60 Å². The number of hydrogen-bond donors (Lipinski definition) is 1. The molecule has 1 aromatic heterocycles. The molecule has 0 aliphatic rings. The Morgan fingerprint density at radius 1 is 1.38 bits per heavy atom. The van der Waals surface area contributed by atoms with Crippen molar-refractivity contribution in [2.75, 3.05) is 12.4 Å². The highest BCUT2D eigenvalue weighted by Crippen LogP contribution is 2.38. The fourth-order valence-corrected chi connectivity index (χ4v) is 2.33. The van der Waals surface area contributed by atoms with E-state index in [4.69, 9.17) is 4.74 Å². The molecule has 0 saturated heterocycles. The first kappa shape index (κ1) is 23.9. The number of ether oxygens (including phenoxy) is 2. The minimum atomic E-state index is -4.88. The van der Waals surface area contributed by atoms with Gasteiger partial charge in [-0.05, 0) is 39.7 Å². The van der Waals surface area contributed by atoms with Gasteiger partial charge in [-0.25, -0.2) is 14.6 Å². The van der Waals surface area contributed by atoms with Crippen LogP contribution in [0, 0.1) is 11.3 Å². The molecule has 0 aliphatic heterocycles. The number of methoxy groups -OCH3 is 1. The third-order valence-electron chi connectivity index (χ3n) is 3.52. The molecule has 1 unspecified atom stereocenters. The summed E-state index contributed by atoms with van der Waals surface area (Å²) in [5.74, 6) is -2.32. The van der Waals surface area contributed by atoms with Gasteiger partial charge in [0.05, 0.1) is 36.0 Å². The fourth-order valence-electron chi connectivity index (χ4n) is 2.33. The number of anilines is 1. The molecule has 158 valence electrons. The lowest BCUT2D eigenvalue weighted by molar-refractivity contribution is -0.138. The quantitative estimate of drug-likeness (QED) is 0.531. The van der Waals surface area contributed by atoms with E-state index in [0.29, 0.717) is 6.07 Å². The zero-order valence-corrected chi connectivity index (χ0v) is 16.5. The number of rotatable bonds is 6.